The second-order valence-electron chi connectivity index (χ2n) is 5.39. The molecule has 0 bridgehead atoms. The fourth-order valence-corrected chi connectivity index (χ4v) is 2.45. The van der Waals surface area contributed by atoms with E-state index < -0.39 is 17.8 Å². The number of ether oxygens (including phenoxy) is 1. The molecule has 1 atom stereocenters. The highest BCUT2D eigenvalue weighted by Gasteiger charge is 2.30. The first kappa shape index (κ1) is 16.8. The van der Waals surface area contributed by atoms with Crippen molar-refractivity contribution in [2.45, 2.75) is 31.6 Å². The van der Waals surface area contributed by atoms with Crippen molar-refractivity contribution in [1.82, 2.24) is 5.32 Å². The van der Waals surface area contributed by atoms with E-state index in [0.29, 0.717) is 18.8 Å². The Hall–Kier alpha value is -1.60. The van der Waals surface area contributed by atoms with Crippen molar-refractivity contribution in [1.29, 1.82) is 0 Å². The predicted molar refractivity (Wildman–Crippen MR) is 74.8 cm³/mol. The van der Waals surface area contributed by atoms with Gasteiger partial charge in [0.25, 0.3) is 0 Å². The molecule has 22 heavy (non-hydrogen) atoms. The van der Waals surface area contributed by atoms with Crippen LogP contribution in [0.4, 0.5) is 13.2 Å². The number of rotatable bonds is 4. The van der Waals surface area contributed by atoms with Crippen LogP contribution in [-0.2, 0) is 22.3 Å². The minimum Gasteiger partial charge on any atom is -0.381 e. The number of hydrogen-bond donors (Lipinski definition) is 2. The zero-order chi connectivity index (χ0) is 16.2. The third-order valence-corrected chi connectivity index (χ3v) is 3.80. The highest BCUT2D eigenvalue weighted by atomic mass is 19.4. The number of benzene rings is 1. The van der Waals surface area contributed by atoms with Gasteiger partial charge in [-0.3, -0.25) is 4.79 Å². The summed E-state index contributed by atoms with van der Waals surface area (Å²) in [7, 11) is 0. The third kappa shape index (κ3) is 4.45. The molecule has 1 fully saturated rings. The van der Waals surface area contributed by atoms with Crippen LogP contribution in [0, 0.1) is 5.92 Å². The smallest absolute Gasteiger partial charge is 0.381 e. The van der Waals surface area contributed by atoms with Crippen LogP contribution in [0.3, 0.4) is 0 Å². The maximum atomic E-state index is 12.6. The Morgan fingerprint density at radius 2 is 2.05 bits per heavy atom. The first-order chi connectivity index (χ1) is 10.4. The Morgan fingerprint density at radius 1 is 1.36 bits per heavy atom. The Balaban J connectivity index is 1.90. The minimum atomic E-state index is -4.39. The zero-order valence-electron chi connectivity index (χ0n) is 12.0. The molecule has 3 N–H and O–H groups in total. The normalized spacial score (nSPS) is 18.0. The summed E-state index contributed by atoms with van der Waals surface area (Å²) in [4.78, 5) is 12.0. The lowest BCUT2D eigenvalue weighted by molar-refractivity contribution is -0.137. The van der Waals surface area contributed by atoms with E-state index in [1.807, 2.05) is 0 Å². The average Bonchev–Trinajstić information content (AvgIpc) is 2.52. The number of halogens is 3. The van der Waals surface area contributed by atoms with Gasteiger partial charge in [0.2, 0.25) is 5.91 Å². The summed E-state index contributed by atoms with van der Waals surface area (Å²) in [5.74, 6) is -0.292. The summed E-state index contributed by atoms with van der Waals surface area (Å²) < 4.78 is 43.1. The Bertz CT molecular complexity index is 514. The van der Waals surface area contributed by atoms with E-state index in [2.05, 4.69) is 5.32 Å². The van der Waals surface area contributed by atoms with Crippen molar-refractivity contribution in [3.63, 3.8) is 0 Å². The summed E-state index contributed by atoms with van der Waals surface area (Å²) in [5, 5.41) is 2.60. The van der Waals surface area contributed by atoms with Gasteiger partial charge < -0.3 is 15.8 Å². The molecule has 1 heterocycles. The summed E-state index contributed by atoms with van der Waals surface area (Å²) in [5.41, 5.74) is 5.57. The van der Waals surface area contributed by atoms with Crippen LogP contribution in [0.15, 0.2) is 24.3 Å². The number of nitrogens with one attached hydrogen (secondary N) is 1. The topological polar surface area (TPSA) is 64.4 Å². The number of hydrogen-bond acceptors (Lipinski definition) is 3. The molecule has 1 aromatic carbocycles. The highest BCUT2D eigenvalue weighted by Crippen LogP contribution is 2.29. The number of carbonyl (C=O) groups excluding carboxylic acids is 1. The molecule has 0 spiro atoms. The van der Waals surface area contributed by atoms with Crippen LogP contribution < -0.4 is 11.1 Å². The molecule has 1 aliphatic rings. The van der Waals surface area contributed by atoms with E-state index in [0.717, 1.165) is 25.0 Å². The maximum absolute atomic E-state index is 12.6. The van der Waals surface area contributed by atoms with Crippen LogP contribution in [0.5, 0.6) is 0 Å². The third-order valence-electron chi connectivity index (χ3n) is 3.80. The monoisotopic (exact) mass is 316 g/mol. The van der Waals surface area contributed by atoms with Gasteiger partial charge in [-0.1, -0.05) is 12.1 Å². The van der Waals surface area contributed by atoms with E-state index in [1.165, 1.54) is 12.1 Å². The van der Waals surface area contributed by atoms with Crippen LogP contribution >= 0.6 is 0 Å². The van der Waals surface area contributed by atoms with Crippen molar-refractivity contribution >= 4 is 5.91 Å². The molecule has 1 aromatic rings. The van der Waals surface area contributed by atoms with Crippen LogP contribution in [0.25, 0.3) is 0 Å². The van der Waals surface area contributed by atoms with Crippen LogP contribution in [0.1, 0.15) is 24.0 Å². The van der Waals surface area contributed by atoms with E-state index in [9.17, 15) is 18.0 Å². The molecular formula is C15H19F3N2O2. The zero-order valence-corrected chi connectivity index (χ0v) is 12.0. The van der Waals surface area contributed by atoms with Crippen molar-refractivity contribution in [2.75, 3.05) is 13.2 Å². The van der Waals surface area contributed by atoms with Crippen LogP contribution in [0.2, 0.25) is 0 Å². The average molecular weight is 316 g/mol. The molecule has 1 amide bonds. The lowest BCUT2D eigenvalue weighted by Gasteiger charge is -2.26. The number of carbonyl (C=O) groups is 1. The Labute approximate surface area is 126 Å². The molecule has 0 aromatic heterocycles. The summed E-state index contributed by atoms with van der Waals surface area (Å²) in [6.07, 6.45) is -2.95. The molecule has 0 radical (unpaired) electrons. The molecule has 0 aliphatic carbocycles. The SMILES string of the molecule is NC(C(=O)NCc1cccc(C(F)(F)F)c1)C1CCOCC1. The number of amides is 1. The molecule has 1 saturated heterocycles. The predicted octanol–water partition coefficient (Wildman–Crippen LogP) is 2.08. The van der Waals surface area contributed by atoms with Gasteiger partial charge in [0.15, 0.2) is 0 Å². The minimum absolute atomic E-state index is 0.0275. The molecule has 7 heteroatoms. The second kappa shape index (κ2) is 7.11. The molecule has 0 saturated carbocycles. The molecule has 1 aliphatic heterocycles. The first-order valence-electron chi connectivity index (χ1n) is 7.15. The van der Waals surface area contributed by atoms with Gasteiger partial charge in [0.05, 0.1) is 11.6 Å². The van der Waals surface area contributed by atoms with Crippen molar-refractivity contribution in [2.24, 2.45) is 11.7 Å². The summed E-state index contributed by atoms with van der Waals surface area (Å²) >= 11 is 0. The molecule has 2 rings (SSSR count). The van der Waals surface area contributed by atoms with E-state index in [-0.39, 0.29) is 18.4 Å². The van der Waals surface area contributed by atoms with Gasteiger partial charge in [-0.15, -0.1) is 0 Å². The Kier molecular flexibility index (Phi) is 5.42. The van der Waals surface area contributed by atoms with Crippen molar-refractivity contribution in [3.8, 4) is 0 Å². The largest absolute Gasteiger partial charge is 0.416 e. The first-order valence-corrected chi connectivity index (χ1v) is 7.15. The lowest BCUT2D eigenvalue weighted by atomic mass is 9.92. The fourth-order valence-electron chi connectivity index (χ4n) is 2.45. The second-order valence-corrected chi connectivity index (χ2v) is 5.39. The van der Waals surface area contributed by atoms with Gasteiger partial charge in [0.1, 0.15) is 0 Å². The van der Waals surface area contributed by atoms with Gasteiger partial charge in [-0.05, 0) is 36.5 Å². The molecule has 122 valence electrons. The van der Waals surface area contributed by atoms with Gasteiger partial charge in [-0.25, -0.2) is 0 Å². The quantitative estimate of drug-likeness (QED) is 0.894. The lowest BCUT2D eigenvalue weighted by Crippen LogP contribution is -2.46. The Morgan fingerprint density at radius 3 is 2.68 bits per heavy atom. The standard InChI is InChI=1S/C15H19F3N2O2/c16-15(17,18)12-3-1-2-10(8-12)9-20-14(21)13(19)11-4-6-22-7-5-11/h1-3,8,11,13H,4-7,9,19H2,(H,20,21). The van der Waals surface area contributed by atoms with Crippen LogP contribution in [-0.4, -0.2) is 25.2 Å². The number of alkyl halides is 3. The summed E-state index contributed by atoms with van der Waals surface area (Å²) in [6, 6.07) is 4.23. The van der Waals surface area contributed by atoms with Gasteiger partial charge >= 0.3 is 6.18 Å². The van der Waals surface area contributed by atoms with Gasteiger partial charge in [-0.2, -0.15) is 13.2 Å². The van der Waals surface area contributed by atoms with Crippen molar-refractivity contribution < 1.29 is 22.7 Å². The fraction of sp³-hybridized carbons (Fsp3) is 0.533. The molecule has 1 unspecified atom stereocenters. The molecule has 4 nitrogen and oxygen atoms in total. The van der Waals surface area contributed by atoms with E-state index in [4.69, 9.17) is 10.5 Å². The summed E-state index contributed by atoms with van der Waals surface area (Å²) in [6.45, 7) is 1.19. The van der Waals surface area contributed by atoms with Gasteiger partial charge in [0, 0.05) is 19.8 Å². The van der Waals surface area contributed by atoms with E-state index >= 15 is 0 Å². The maximum Gasteiger partial charge on any atom is 0.416 e. The number of nitrogens with two attached hydrogens (primary N) is 1. The van der Waals surface area contributed by atoms with Crippen molar-refractivity contribution in [3.05, 3.63) is 35.4 Å². The molecular weight excluding hydrogens is 297 g/mol. The highest BCUT2D eigenvalue weighted by molar-refractivity contribution is 5.81. The van der Waals surface area contributed by atoms with E-state index in [1.54, 1.807) is 0 Å².